The van der Waals surface area contributed by atoms with Crippen LogP contribution < -0.4 is 4.74 Å². The maximum atomic E-state index is 5.89. The third-order valence-corrected chi connectivity index (χ3v) is 3.83. The standard InChI is InChI=1S/C14H13ClN4OS/c1-20-13-11-12(16-8-17-13)19(14(21)18-11)7-6-9-2-4-10(15)5-3-9/h2-5,8H,6-7H2,1H3,(H,18,21). The monoisotopic (exact) mass is 320 g/mol. The number of halogens is 1. The van der Waals surface area contributed by atoms with Gasteiger partial charge >= 0.3 is 0 Å². The fraction of sp³-hybridized carbons (Fsp3) is 0.214. The predicted molar refractivity (Wildman–Crippen MR) is 84.4 cm³/mol. The summed E-state index contributed by atoms with van der Waals surface area (Å²) < 4.78 is 7.77. The van der Waals surface area contributed by atoms with Gasteiger partial charge in [-0.3, -0.25) is 0 Å². The van der Waals surface area contributed by atoms with Crippen molar-refractivity contribution in [1.29, 1.82) is 0 Å². The second-order valence-corrected chi connectivity index (χ2v) is 5.36. The summed E-state index contributed by atoms with van der Waals surface area (Å²) in [7, 11) is 1.57. The number of rotatable bonds is 4. The van der Waals surface area contributed by atoms with Crippen molar-refractivity contribution >= 4 is 35.0 Å². The van der Waals surface area contributed by atoms with Gasteiger partial charge in [-0.15, -0.1) is 0 Å². The average Bonchev–Trinajstić information content (AvgIpc) is 2.82. The summed E-state index contributed by atoms with van der Waals surface area (Å²) in [5.41, 5.74) is 2.67. The van der Waals surface area contributed by atoms with E-state index in [-0.39, 0.29) is 0 Å². The molecule has 0 aliphatic heterocycles. The quantitative estimate of drug-likeness (QED) is 0.749. The molecule has 0 aliphatic rings. The van der Waals surface area contributed by atoms with E-state index in [4.69, 9.17) is 28.6 Å². The van der Waals surface area contributed by atoms with Crippen molar-refractivity contribution in [3.05, 3.63) is 45.9 Å². The SMILES string of the molecule is COc1ncnc2c1[nH]c(=S)n2CCc1ccc(Cl)cc1. The first-order valence-electron chi connectivity index (χ1n) is 6.41. The van der Waals surface area contributed by atoms with Crippen LogP contribution in [0.1, 0.15) is 5.56 Å². The molecule has 21 heavy (non-hydrogen) atoms. The third kappa shape index (κ3) is 2.77. The van der Waals surface area contributed by atoms with Crippen LogP contribution in [0.5, 0.6) is 5.88 Å². The molecule has 1 N–H and O–H groups in total. The maximum Gasteiger partial charge on any atom is 0.242 e. The third-order valence-electron chi connectivity index (χ3n) is 3.26. The van der Waals surface area contributed by atoms with Gasteiger partial charge in [0.15, 0.2) is 10.4 Å². The van der Waals surface area contributed by atoms with Gasteiger partial charge in [0.05, 0.1) is 7.11 Å². The zero-order valence-corrected chi connectivity index (χ0v) is 12.9. The van der Waals surface area contributed by atoms with Crippen molar-refractivity contribution in [2.45, 2.75) is 13.0 Å². The Morgan fingerprint density at radius 1 is 1.29 bits per heavy atom. The number of hydrogen-bond donors (Lipinski definition) is 1. The van der Waals surface area contributed by atoms with Crippen LogP contribution in [0.3, 0.4) is 0 Å². The van der Waals surface area contributed by atoms with Crippen LogP contribution in [0.2, 0.25) is 5.02 Å². The van der Waals surface area contributed by atoms with E-state index in [1.807, 2.05) is 28.8 Å². The molecule has 0 unspecified atom stereocenters. The van der Waals surface area contributed by atoms with Crippen molar-refractivity contribution < 1.29 is 4.74 Å². The Kier molecular flexibility index (Phi) is 3.90. The number of ether oxygens (including phenoxy) is 1. The fourth-order valence-corrected chi connectivity index (χ4v) is 2.61. The maximum absolute atomic E-state index is 5.89. The van der Waals surface area contributed by atoms with Crippen molar-refractivity contribution in [3.63, 3.8) is 0 Å². The van der Waals surface area contributed by atoms with E-state index in [1.165, 1.54) is 11.9 Å². The van der Waals surface area contributed by atoms with Crippen LogP contribution in [0.4, 0.5) is 0 Å². The summed E-state index contributed by atoms with van der Waals surface area (Å²) in [6, 6.07) is 7.79. The topological polar surface area (TPSA) is 55.7 Å². The Bertz CT molecular complexity index is 825. The van der Waals surface area contributed by atoms with Gasteiger partial charge in [-0.25, -0.2) is 4.98 Å². The largest absolute Gasteiger partial charge is 0.479 e. The highest BCUT2D eigenvalue weighted by Crippen LogP contribution is 2.20. The fourth-order valence-electron chi connectivity index (χ4n) is 2.20. The molecular formula is C14H13ClN4OS. The zero-order valence-electron chi connectivity index (χ0n) is 11.3. The molecule has 0 spiro atoms. The molecule has 5 nitrogen and oxygen atoms in total. The predicted octanol–water partition coefficient (Wildman–Crippen LogP) is 3.39. The van der Waals surface area contributed by atoms with E-state index < -0.39 is 0 Å². The van der Waals surface area contributed by atoms with Crippen LogP contribution in [-0.2, 0) is 13.0 Å². The molecule has 0 saturated heterocycles. The van der Waals surface area contributed by atoms with Crippen molar-refractivity contribution in [1.82, 2.24) is 19.5 Å². The minimum absolute atomic E-state index is 0.497. The van der Waals surface area contributed by atoms with Gasteiger partial charge in [-0.05, 0) is 36.3 Å². The van der Waals surface area contributed by atoms with Gasteiger partial charge in [0.2, 0.25) is 5.88 Å². The first-order valence-corrected chi connectivity index (χ1v) is 7.19. The summed E-state index contributed by atoms with van der Waals surface area (Å²) >= 11 is 11.3. The number of aromatic nitrogens is 4. The smallest absolute Gasteiger partial charge is 0.242 e. The Balaban J connectivity index is 1.92. The number of aromatic amines is 1. The molecule has 0 bridgehead atoms. The highest BCUT2D eigenvalue weighted by atomic mass is 35.5. The number of hydrogen-bond acceptors (Lipinski definition) is 4. The zero-order chi connectivity index (χ0) is 14.8. The van der Waals surface area contributed by atoms with Crippen molar-refractivity contribution in [2.75, 3.05) is 7.11 Å². The van der Waals surface area contributed by atoms with Crippen LogP contribution in [-0.4, -0.2) is 26.6 Å². The Morgan fingerprint density at radius 2 is 2.05 bits per heavy atom. The summed E-state index contributed by atoms with van der Waals surface area (Å²) in [6.07, 6.45) is 2.31. The average molecular weight is 321 g/mol. The number of H-pyrrole nitrogens is 1. The second-order valence-electron chi connectivity index (χ2n) is 4.54. The minimum atomic E-state index is 0.497. The molecule has 0 radical (unpaired) electrons. The van der Waals surface area contributed by atoms with E-state index in [1.54, 1.807) is 7.11 Å². The number of fused-ring (bicyclic) bond motifs is 1. The number of aryl methyl sites for hydroxylation is 2. The molecule has 0 atom stereocenters. The van der Waals surface area contributed by atoms with Crippen molar-refractivity contribution in [2.24, 2.45) is 0 Å². The molecule has 3 rings (SSSR count). The van der Waals surface area contributed by atoms with E-state index in [2.05, 4.69) is 15.0 Å². The van der Waals surface area contributed by atoms with Gasteiger partial charge in [-0.2, -0.15) is 4.98 Å². The van der Waals surface area contributed by atoms with Gasteiger partial charge in [0, 0.05) is 11.6 Å². The van der Waals surface area contributed by atoms with Gasteiger partial charge in [0.25, 0.3) is 0 Å². The van der Waals surface area contributed by atoms with Crippen LogP contribution in [0, 0.1) is 4.77 Å². The van der Waals surface area contributed by atoms with Crippen LogP contribution in [0.15, 0.2) is 30.6 Å². The van der Waals surface area contributed by atoms with Gasteiger partial charge in [-0.1, -0.05) is 23.7 Å². The summed E-state index contributed by atoms with van der Waals surface area (Å²) in [6.45, 7) is 0.723. The lowest BCUT2D eigenvalue weighted by atomic mass is 10.1. The van der Waals surface area contributed by atoms with Gasteiger partial charge in [0.1, 0.15) is 11.8 Å². The van der Waals surface area contributed by atoms with Gasteiger partial charge < -0.3 is 14.3 Å². The van der Waals surface area contributed by atoms with E-state index in [0.717, 1.165) is 29.2 Å². The molecule has 2 aromatic heterocycles. The van der Waals surface area contributed by atoms with E-state index in [0.29, 0.717) is 10.7 Å². The van der Waals surface area contributed by atoms with Crippen LogP contribution in [0.25, 0.3) is 11.2 Å². The van der Waals surface area contributed by atoms with E-state index in [9.17, 15) is 0 Å². The molecule has 0 amide bonds. The molecule has 1 aromatic carbocycles. The molecule has 0 aliphatic carbocycles. The lowest BCUT2D eigenvalue weighted by Crippen LogP contribution is -2.02. The molecule has 108 valence electrons. The lowest BCUT2D eigenvalue weighted by molar-refractivity contribution is 0.401. The summed E-state index contributed by atoms with van der Waals surface area (Å²) in [4.78, 5) is 11.5. The number of benzene rings is 1. The highest BCUT2D eigenvalue weighted by molar-refractivity contribution is 7.71. The van der Waals surface area contributed by atoms with Crippen molar-refractivity contribution in [3.8, 4) is 5.88 Å². The van der Waals surface area contributed by atoms with Crippen LogP contribution >= 0.6 is 23.8 Å². The second kappa shape index (κ2) is 5.83. The number of methoxy groups -OCH3 is 1. The minimum Gasteiger partial charge on any atom is -0.479 e. The first kappa shape index (κ1) is 14.0. The number of imidazole rings is 1. The molecule has 0 saturated carbocycles. The molecule has 2 heterocycles. The van der Waals surface area contributed by atoms with E-state index >= 15 is 0 Å². The molecule has 3 aromatic rings. The lowest BCUT2D eigenvalue weighted by Gasteiger charge is -2.05. The number of nitrogens with zero attached hydrogens (tertiary/aromatic N) is 3. The summed E-state index contributed by atoms with van der Waals surface area (Å²) in [5, 5.41) is 0.736. The number of nitrogens with one attached hydrogen (secondary N) is 1. The molecular weight excluding hydrogens is 308 g/mol. The summed E-state index contributed by atoms with van der Waals surface area (Å²) in [5.74, 6) is 0.497. The normalized spacial score (nSPS) is 11.0. The molecule has 0 fully saturated rings. The molecule has 7 heteroatoms. The Labute approximate surface area is 131 Å². The first-order chi connectivity index (χ1) is 10.2. The Hall–Kier alpha value is -1.92. The highest BCUT2D eigenvalue weighted by Gasteiger charge is 2.11. The Morgan fingerprint density at radius 3 is 2.76 bits per heavy atom.